The molecule has 2 N–H and O–H groups in total. The van der Waals surface area contributed by atoms with Gasteiger partial charge in [-0.1, -0.05) is 49.4 Å². The van der Waals surface area contributed by atoms with E-state index in [9.17, 15) is 20.2 Å². The summed E-state index contributed by atoms with van der Waals surface area (Å²) >= 11 is 0. The number of nitro benzene ring substituents is 1. The van der Waals surface area contributed by atoms with E-state index in [0.29, 0.717) is 16.9 Å². The van der Waals surface area contributed by atoms with Crippen molar-refractivity contribution in [2.75, 3.05) is 6.61 Å². The minimum atomic E-state index is -0.758. The second kappa shape index (κ2) is 9.97. The second-order valence-electron chi connectivity index (χ2n) is 7.71. The van der Waals surface area contributed by atoms with Gasteiger partial charge in [0.2, 0.25) is 5.88 Å². The molecule has 0 spiro atoms. The van der Waals surface area contributed by atoms with Gasteiger partial charge in [-0.05, 0) is 29.7 Å². The maximum atomic E-state index is 12.3. The van der Waals surface area contributed by atoms with Crippen LogP contribution in [0.25, 0.3) is 0 Å². The summed E-state index contributed by atoms with van der Waals surface area (Å²) in [4.78, 5) is 22.8. The smallest absolute Gasteiger partial charge is 0.349 e. The van der Waals surface area contributed by atoms with Crippen molar-refractivity contribution in [1.29, 1.82) is 5.26 Å². The molecule has 9 nitrogen and oxygen atoms in total. The molecule has 1 atom stereocenters. The van der Waals surface area contributed by atoms with E-state index >= 15 is 0 Å². The molecule has 0 amide bonds. The van der Waals surface area contributed by atoms with Gasteiger partial charge in [-0.2, -0.15) is 5.26 Å². The minimum absolute atomic E-state index is 0.0206. The zero-order chi connectivity index (χ0) is 24.9. The Balaban J connectivity index is 1.54. The Morgan fingerprint density at radius 2 is 1.91 bits per heavy atom. The number of hydrogen-bond donors (Lipinski definition) is 1. The molecule has 0 saturated heterocycles. The Morgan fingerprint density at radius 1 is 1.17 bits per heavy atom. The molecule has 0 bridgehead atoms. The van der Waals surface area contributed by atoms with E-state index in [0.717, 1.165) is 12.0 Å². The first-order chi connectivity index (χ1) is 16.9. The van der Waals surface area contributed by atoms with E-state index in [-0.39, 0.29) is 23.1 Å². The topological polar surface area (TPSA) is 138 Å². The summed E-state index contributed by atoms with van der Waals surface area (Å²) in [6, 6.07) is 20.6. The van der Waals surface area contributed by atoms with Crippen LogP contribution in [0.15, 0.2) is 78.2 Å². The summed E-state index contributed by atoms with van der Waals surface area (Å²) in [7, 11) is 0. The second-order valence-corrected chi connectivity index (χ2v) is 7.71. The van der Waals surface area contributed by atoms with Crippen molar-refractivity contribution in [2.24, 2.45) is 5.73 Å². The van der Waals surface area contributed by atoms with Crippen LogP contribution in [0.4, 0.5) is 5.69 Å². The van der Waals surface area contributed by atoms with Gasteiger partial charge in [0.15, 0.2) is 12.4 Å². The summed E-state index contributed by atoms with van der Waals surface area (Å²) < 4.78 is 16.3. The zero-order valence-electron chi connectivity index (χ0n) is 18.8. The number of nitrogens with two attached hydrogens (primary N) is 1. The number of fused-ring (bicyclic) bond motifs is 1. The third-order valence-electron chi connectivity index (χ3n) is 5.55. The van der Waals surface area contributed by atoms with E-state index in [4.69, 9.17) is 19.9 Å². The summed E-state index contributed by atoms with van der Waals surface area (Å²) in [6.45, 7) is 1.53. The van der Waals surface area contributed by atoms with E-state index < -0.39 is 23.4 Å². The highest BCUT2D eigenvalue weighted by Crippen LogP contribution is 2.43. The number of ether oxygens (including phenoxy) is 3. The predicted molar refractivity (Wildman–Crippen MR) is 126 cm³/mol. The Labute approximate surface area is 201 Å². The Morgan fingerprint density at radius 3 is 2.60 bits per heavy atom. The number of carbonyl (C=O) groups excluding carboxylic acids is 1. The molecule has 4 rings (SSSR count). The molecule has 3 aromatic rings. The highest BCUT2D eigenvalue weighted by Gasteiger charge is 2.31. The largest absolute Gasteiger partial charge is 0.475 e. The highest BCUT2D eigenvalue weighted by molar-refractivity contribution is 5.74. The summed E-state index contributed by atoms with van der Waals surface area (Å²) in [5.41, 5.74) is 8.84. The Hall–Kier alpha value is -4.84. The molecule has 176 valence electrons. The number of nitro groups is 1. The number of nitriles is 1. The van der Waals surface area contributed by atoms with Crippen LogP contribution in [-0.2, 0) is 11.2 Å². The quantitative estimate of drug-likeness (QED) is 0.232. The number of para-hydroxylation sites is 2. The van der Waals surface area contributed by atoms with Crippen LogP contribution in [0.3, 0.4) is 0 Å². The molecule has 0 aromatic heterocycles. The van der Waals surface area contributed by atoms with Gasteiger partial charge in [0.05, 0.1) is 10.8 Å². The first kappa shape index (κ1) is 23.3. The first-order valence-corrected chi connectivity index (χ1v) is 10.8. The average molecular weight is 471 g/mol. The molecule has 0 saturated carbocycles. The number of aryl methyl sites for hydroxylation is 1. The monoisotopic (exact) mass is 471 g/mol. The molecule has 0 fully saturated rings. The fourth-order valence-electron chi connectivity index (χ4n) is 3.82. The van der Waals surface area contributed by atoms with E-state index in [1.165, 1.54) is 29.8 Å². The fourth-order valence-corrected chi connectivity index (χ4v) is 3.82. The van der Waals surface area contributed by atoms with Gasteiger partial charge in [0.25, 0.3) is 0 Å². The molecule has 1 aliphatic rings. The summed E-state index contributed by atoms with van der Waals surface area (Å²) in [6.07, 6.45) is 0.893. The standard InChI is InChI=1S/C26H21N3O6/c1-2-16-7-9-17(10-8-16)25-19-12-11-18(13-23(19)35-26(28)20(25)14-27)34-24(30)15-33-22-6-4-3-5-21(22)29(31)32/h3-13,25H,2,15,28H2,1H3. The number of esters is 1. The summed E-state index contributed by atoms with van der Waals surface area (Å²) in [5.74, 6) is -0.715. The number of carbonyl (C=O) groups is 1. The lowest BCUT2D eigenvalue weighted by Crippen LogP contribution is -2.21. The van der Waals surface area contributed by atoms with Crippen molar-refractivity contribution in [3.05, 3.63) is 105 Å². The SMILES string of the molecule is CCc1ccc(C2C(C#N)=C(N)Oc3cc(OC(=O)COc4ccccc4[N+](=O)[O-])ccc32)cc1. The molecule has 35 heavy (non-hydrogen) atoms. The molecule has 0 radical (unpaired) electrons. The fraction of sp³-hybridized carbons (Fsp3) is 0.154. The lowest BCUT2D eigenvalue weighted by Gasteiger charge is -2.26. The lowest BCUT2D eigenvalue weighted by atomic mass is 9.83. The van der Waals surface area contributed by atoms with E-state index in [2.05, 4.69) is 13.0 Å². The molecule has 1 aliphatic heterocycles. The van der Waals surface area contributed by atoms with Gasteiger partial charge in [0.1, 0.15) is 23.1 Å². The third kappa shape index (κ3) is 4.91. The van der Waals surface area contributed by atoms with Crippen molar-refractivity contribution in [3.63, 3.8) is 0 Å². The van der Waals surface area contributed by atoms with Crippen LogP contribution >= 0.6 is 0 Å². The van der Waals surface area contributed by atoms with Gasteiger partial charge in [-0.3, -0.25) is 10.1 Å². The Kier molecular flexibility index (Phi) is 6.64. The van der Waals surface area contributed by atoms with Crippen LogP contribution in [0, 0.1) is 21.4 Å². The van der Waals surface area contributed by atoms with E-state index in [1.807, 2.05) is 24.3 Å². The van der Waals surface area contributed by atoms with Crippen molar-refractivity contribution in [3.8, 4) is 23.3 Å². The van der Waals surface area contributed by atoms with Crippen molar-refractivity contribution in [2.45, 2.75) is 19.3 Å². The predicted octanol–water partition coefficient (Wildman–Crippen LogP) is 4.36. The number of rotatable bonds is 7. The van der Waals surface area contributed by atoms with Crippen molar-refractivity contribution >= 4 is 11.7 Å². The number of benzene rings is 3. The zero-order valence-corrected chi connectivity index (χ0v) is 18.8. The third-order valence-corrected chi connectivity index (χ3v) is 5.55. The maximum absolute atomic E-state index is 12.3. The molecule has 3 aromatic carbocycles. The molecule has 1 unspecified atom stereocenters. The van der Waals surface area contributed by atoms with Crippen molar-refractivity contribution < 1.29 is 23.9 Å². The first-order valence-electron chi connectivity index (χ1n) is 10.8. The van der Waals surface area contributed by atoms with Crippen molar-refractivity contribution in [1.82, 2.24) is 0 Å². The molecule has 1 heterocycles. The van der Waals surface area contributed by atoms with E-state index in [1.54, 1.807) is 18.2 Å². The normalized spacial score (nSPS) is 14.3. The molecular formula is C26H21N3O6. The van der Waals surface area contributed by atoms with Gasteiger partial charge in [0, 0.05) is 17.7 Å². The van der Waals surface area contributed by atoms with Gasteiger partial charge in [-0.15, -0.1) is 0 Å². The van der Waals surface area contributed by atoms with Crippen LogP contribution in [-0.4, -0.2) is 17.5 Å². The summed E-state index contributed by atoms with van der Waals surface area (Å²) in [5, 5.41) is 20.8. The lowest BCUT2D eigenvalue weighted by molar-refractivity contribution is -0.385. The van der Waals surface area contributed by atoms with Gasteiger partial charge < -0.3 is 19.9 Å². The molecule has 9 heteroatoms. The number of hydrogen-bond acceptors (Lipinski definition) is 8. The maximum Gasteiger partial charge on any atom is 0.349 e. The highest BCUT2D eigenvalue weighted by atomic mass is 16.6. The van der Waals surface area contributed by atoms with Gasteiger partial charge in [-0.25, -0.2) is 4.79 Å². The van der Waals surface area contributed by atoms with Crippen LogP contribution in [0.5, 0.6) is 17.2 Å². The van der Waals surface area contributed by atoms with Crippen LogP contribution < -0.4 is 19.9 Å². The minimum Gasteiger partial charge on any atom is -0.475 e. The van der Waals surface area contributed by atoms with Gasteiger partial charge >= 0.3 is 11.7 Å². The Bertz CT molecular complexity index is 1360. The average Bonchev–Trinajstić information content (AvgIpc) is 2.86. The number of allylic oxidation sites excluding steroid dienone is 1. The number of nitrogens with zero attached hydrogens (tertiary/aromatic N) is 2. The molecular weight excluding hydrogens is 450 g/mol. The van der Waals surface area contributed by atoms with Crippen LogP contribution in [0.2, 0.25) is 0 Å². The molecule has 0 aliphatic carbocycles. The van der Waals surface area contributed by atoms with Crippen LogP contribution in [0.1, 0.15) is 29.5 Å².